The van der Waals surface area contributed by atoms with Crippen LogP contribution in [-0.2, 0) is 0 Å². The number of para-hydroxylation sites is 1. The predicted molar refractivity (Wildman–Crippen MR) is 138 cm³/mol. The molecule has 5 rings (SSSR count). The van der Waals surface area contributed by atoms with Crippen molar-refractivity contribution in [3.05, 3.63) is 81.1 Å². The highest BCUT2D eigenvalue weighted by atomic mass is 79.9. The van der Waals surface area contributed by atoms with E-state index in [2.05, 4.69) is 21.0 Å². The Labute approximate surface area is 208 Å². The third-order valence-corrected chi connectivity index (χ3v) is 6.15. The zero-order valence-corrected chi connectivity index (χ0v) is 20.7. The van der Waals surface area contributed by atoms with Crippen LogP contribution in [0.4, 0.5) is 0 Å². The fraction of sp³-hybridized carbons (Fsp3) is 0.115. The predicted octanol–water partition coefficient (Wildman–Crippen LogP) is 5.48. The Balaban J connectivity index is 1.73. The van der Waals surface area contributed by atoms with Gasteiger partial charge in [0.2, 0.25) is 5.82 Å². The van der Waals surface area contributed by atoms with Gasteiger partial charge in [-0.2, -0.15) is 9.78 Å². The molecule has 0 amide bonds. The van der Waals surface area contributed by atoms with E-state index in [-0.39, 0.29) is 11.4 Å². The molecular weight excluding hydrogens is 514 g/mol. The number of hydrogen-bond donors (Lipinski definition) is 0. The molecule has 0 saturated carbocycles. The van der Waals surface area contributed by atoms with Gasteiger partial charge in [0.1, 0.15) is 22.8 Å². The van der Waals surface area contributed by atoms with Crippen LogP contribution >= 0.6 is 15.9 Å². The minimum absolute atomic E-state index is 0.259. The van der Waals surface area contributed by atoms with Crippen molar-refractivity contribution >= 4 is 44.0 Å². The number of ether oxygens (including phenoxy) is 3. The Morgan fingerprint density at radius 3 is 2.46 bits per heavy atom. The van der Waals surface area contributed by atoms with Gasteiger partial charge in [-0.1, -0.05) is 18.2 Å². The molecule has 176 valence electrons. The highest BCUT2D eigenvalue weighted by Crippen LogP contribution is 2.34. The molecule has 0 radical (unpaired) electrons. The zero-order chi connectivity index (χ0) is 24.5. The summed E-state index contributed by atoms with van der Waals surface area (Å²) in [5.74, 6) is 2.44. The van der Waals surface area contributed by atoms with Crippen LogP contribution in [0.5, 0.6) is 17.2 Å². The first-order valence-corrected chi connectivity index (χ1v) is 11.4. The third kappa shape index (κ3) is 4.04. The number of nitrogens with zero attached hydrogens (tertiary/aromatic N) is 3. The molecule has 35 heavy (non-hydrogen) atoms. The second-order valence-corrected chi connectivity index (χ2v) is 8.38. The SMILES string of the molecule is COc1cc(OC)c(C=Nn2c(-c3cc4c(OC)cccc4o3)nc3ccccc3c2=O)cc1Br. The summed E-state index contributed by atoms with van der Waals surface area (Å²) in [6, 6.07) is 17.9. The Hall–Kier alpha value is -4.11. The van der Waals surface area contributed by atoms with Crippen molar-refractivity contribution in [1.82, 2.24) is 9.66 Å². The van der Waals surface area contributed by atoms with Gasteiger partial charge in [-0.05, 0) is 52.3 Å². The van der Waals surface area contributed by atoms with E-state index in [1.807, 2.05) is 24.3 Å². The molecule has 0 N–H and O–H groups in total. The van der Waals surface area contributed by atoms with Crippen LogP contribution < -0.4 is 19.8 Å². The largest absolute Gasteiger partial charge is 0.496 e. The van der Waals surface area contributed by atoms with Crippen molar-refractivity contribution in [2.24, 2.45) is 5.10 Å². The topological polar surface area (TPSA) is 88.1 Å². The average Bonchev–Trinajstić information content (AvgIpc) is 3.32. The summed E-state index contributed by atoms with van der Waals surface area (Å²) in [7, 11) is 4.72. The van der Waals surface area contributed by atoms with Gasteiger partial charge in [0.15, 0.2) is 5.76 Å². The van der Waals surface area contributed by atoms with Gasteiger partial charge in [-0.15, -0.1) is 0 Å². The van der Waals surface area contributed by atoms with Gasteiger partial charge >= 0.3 is 0 Å². The molecule has 0 aliphatic rings. The maximum atomic E-state index is 13.5. The molecule has 0 atom stereocenters. The minimum Gasteiger partial charge on any atom is -0.496 e. The molecule has 0 aliphatic heterocycles. The monoisotopic (exact) mass is 533 g/mol. The number of halogens is 1. The van der Waals surface area contributed by atoms with Gasteiger partial charge in [0.05, 0.1) is 48.3 Å². The van der Waals surface area contributed by atoms with Crippen LogP contribution in [0.1, 0.15) is 5.56 Å². The first-order valence-electron chi connectivity index (χ1n) is 10.6. The van der Waals surface area contributed by atoms with E-state index in [1.165, 1.54) is 10.9 Å². The quantitative estimate of drug-likeness (QED) is 0.268. The van der Waals surface area contributed by atoms with Crippen molar-refractivity contribution in [1.29, 1.82) is 0 Å². The van der Waals surface area contributed by atoms with Crippen molar-refractivity contribution in [3.63, 3.8) is 0 Å². The number of benzene rings is 3. The molecule has 2 heterocycles. The van der Waals surface area contributed by atoms with Crippen LogP contribution in [0.25, 0.3) is 33.5 Å². The van der Waals surface area contributed by atoms with Crippen molar-refractivity contribution in [3.8, 4) is 28.8 Å². The van der Waals surface area contributed by atoms with E-state index in [4.69, 9.17) is 23.6 Å². The molecule has 0 unspecified atom stereocenters. The molecule has 0 saturated heterocycles. The van der Waals surface area contributed by atoms with Crippen LogP contribution in [0.3, 0.4) is 0 Å². The molecule has 2 aromatic heterocycles. The van der Waals surface area contributed by atoms with Crippen LogP contribution in [0.15, 0.2) is 79.4 Å². The molecule has 0 aliphatic carbocycles. The smallest absolute Gasteiger partial charge is 0.282 e. The van der Waals surface area contributed by atoms with E-state index < -0.39 is 0 Å². The highest BCUT2D eigenvalue weighted by molar-refractivity contribution is 9.10. The normalized spacial score (nSPS) is 11.4. The first-order chi connectivity index (χ1) is 17.0. The van der Waals surface area contributed by atoms with E-state index in [0.29, 0.717) is 45.1 Å². The molecule has 3 aromatic carbocycles. The maximum Gasteiger partial charge on any atom is 0.282 e. The number of fused-ring (bicyclic) bond motifs is 2. The lowest BCUT2D eigenvalue weighted by Gasteiger charge is -2.10. The van der Waals surface area contributed by atoms with E-state index in [0.717, 1.165) is 9.86 Å². The second-order valence-electron chi connectivity index (χ2n) is 7.53. The molecule has 9 heteroatoms. The number of rotatable bonds is 6. The van der Waals surface area contributed by atoms with Gasteiger partial charge in [0.25, 0.3) is 5.56 Å². The Morgan fingerprint density at radius 2 is 1.69 bits per heavy atom. The molecular formula is C26H20BrN3O5. The highest BCUT2D eigenvalue weighted by Gasteiger charge is 2.18. The molecule has 0 spiro atoms. The summed E-state index contributed by atoms with van der Waals surface area (Å²) >= 11 is 3.48. The summed E-state index contributed by atoms with van der Waals surface area (Å²) in [6.45, 7) is 0. The molecule has 0 fully saturated rings. The lowest BCUT2D eigenvalue weighted by atomic mass is 10.2. The third-order valence-electron chi connectivity index (χ3n) is 5.53. The average molecular weight is 534 g/mol. The summed E-state index contributed by atoms with van der Waals surface area (Å²) in [6.07, 6.45) is 1.54. The Morgan fingerprint density at radius 1 is 0.914 bits per heavy atom. The summed E-state index contributed by atoms with van der Waals surface area (Å²) in [5.41, 5.74) is 1.45. The molecule has 8 nitrogen and oxygen atoms in total. The lowest BCUT2D eigenvalue weighted by Crippen LogP contribution is -2.20. The number of aromatic nitrogens is 2. The van der Waals surface area contributed by atoms with Crippen LogP contribution in [0.2, 0.25) is 0 Å². The molecule has 5 aromatic rings. The first kappa shape index (κ1) is 22.7. The second kappa shape index (κ2) is 9.27. The zero-order valence-electron chi connectivity index (χ0n) is 19.1. The van der Waals surface area contributed by atoms with Crippen LogP contribution in [0, 0.1) is 0 Å². The fourth-order valence-corrected chi connectivity index (χ4v) is 4.34. The van der Waals surface area contributed by atoms with Crippen molar-refractivity contribution in [2.45, 2.75) is 0 Å². The van der Waals surface area contributed by atoms with Crippen molar-refractivity contribution < 1.29 is 18.6 Å². The minimum atomic E-state index is -0.333. The maximum absolute atomic E-state index is 13.5. The van der Waals surface area contributed by atoms with Crippen LogP contribution in [-0.4, -0.2) is 37.2 Å². The van der Waals surface area contributed by atoms with E-state index in [9.17, 15) is 4.79 Å². The Bertz CT molecular complexity index is 1660. The summed E-state index contributed by atoms with van der Waals surface area (Å²) in [4.78, 5) is 18.2. The number of hydrogen-bond acceptors (Lipinski definition) is 7. The van der Waals surface area contributed by atoms with Gasteiger partial charge in [0, 0.05) is 11.6 Å². The lowest BCUT2D eigenvalue weighted by molar-refractivity contribution is 0.392. The van der Waals surface area contributed by atoms with E-state index in [1.54, 1.807) is 57.7 Å². The summed E-state index contributed by atoms with van der Waals surface area (Å²) < 4.78 is 24.3. The van der Waals surface area contributed by atoms with Gasteiger partial charge in [-0.3, -0.25) is 4.79 Å². The number of methoxy groups -OCH3 is 3. The van der Waals surface area contributed by atoms with Crippen molar-refractivity contribution in [2.75, 3.05) is 21.3 Å². The fourth-order valence-electron chi connectivity index (χ4n) is 3.82. The van der Waals surface area contributed by atoms with Gasteiger partial charge in [-0.25, -0.2) is 4.98 Å². The molecule has 0 bridgehead atoms. The summed E-state index contributed by atoms with van der Waals surface area (Å²) in [5, 5.41) is 5.71. The van der Waals surface area contributed by atoms with Gasteiger partial charge < -0.3 is 18.6 Å². The standard InChI is InChI=1S/C26H20BrN3O5/c1-32-20-9-6-10-21-17(20)12-24(35-21)25-29-19-8-5-4-7-16(19)26(31)30(25)28-14-15-11-18(27)23(34-3)13-22(15)33-2/h4-14H,1-3H3. The number of furan rings is 1. The Kier molecular flexibility index (Phi) is 6.00. The van der Waals surface area contributed by atoms with E-state index >= 15 is 0 Å².